The monoisotopic (exact) mass is 401 g/mol. The zero-order valence-corrected chi connectivity index (χ0v) is 17.1. The molecule has 30 heavy (non-hydrogen) atoms. The van der Waals surface area contributed by atoms with Crippen molar-refractivity contribution < 1.29 is 9.63 Å². The Balaban J connectivity index is 1.68. The molecule has 1 amide bonds. The summed E-state index contributed by atoms with van der Waals surface area (Å²) in [5.74, 6) is 0.747. The average Bonchev–Trinajstić information content (AvgIpc) is 3.06. The van der Waals surface area contributed by atoms with Crippen LogP contribution in [0.5, 0.6) is 0 Å². The zero-order valence-electron chi connectivity index (χ0n) is 17.1. The molecule has 0 aliphatic carbocycles. The second kappa shape index (κ2) is 7.61. The molecule has 1 aromatic heterocycles. The van der Waals surface area contributed by atoms with Gasteiger partial charge in [-0.25, -0.2) is 9.97 Å². The molecule has 0 bridgehead atoms. The first-order valence-electron chi connectivity index (χ1n) is 9.60. The summed E-state index contributed by atoms with van der Waals surface area (Å²) in [6.45, 7) is 5.88. The van der Waals surface area contributed by atoms with Crippen LogP contribution < -0.4 is 16.5 Å². The van der Waals surface area contributed by atoms with E-state index in [1.807, 2.05) is 38.1 Å². The van der Waals surface area contributed by atoms with Crippen LogP contribution in [0.25, 0.3) is 5.57 Å². The maximum absolute atomic E-state index is 11.4. The van der Waals surface area contributed by atoms with E-state index in [1.54, 1.807) is 24.4 Å². The number of hydrogen-bond acceptors (Lipinski definition) is 6. The van der Waals surface area contributed by atoms with Crippen LogP contribution in [0.2, 0.25) is 0 Å². The number of hydrogen-bond donors (Lipinski definition) is 3. The second-order valence-corrected chi connectivity index (χ2v) is 7.41. The van der Waals surface area contributed by atoms with Gasteiger partial charge in [0.25, 0.3) is 0 Å². The third kappa shape index (κ3) is 3.51. The molecule has 0 spiro atoms. The van der Waals surface area contributed by atoms with Crippen LogP contribution in [0.1, 0.15) is 41.0 Å². The van der Waals surface area contributed by atoms with Crippen molar-refractivity contribution in [2.75, 3.05) is 5.32 Å². The fourth-order valence-corrected chi connectivity index (χ4v) is 3.68. The molecule has 2 aromatic carbocycles. The SMILES string of the molecule is CC1=C(c2ccnc(Nc3ccc(C(N)=O)cc3C)n2)C(C)(c2ccccc2)NO1. The summed E-state index contributed by atoms with van der Waals surface area (Å²) in [6.07, 6.45) is 1.71. The maximum Gasteiger partial charge on any atom is 0.248 e. The van der Waals surface area contributed by atoms with Crippen LogP contribution in [0.3, 0.4) is 0 Å². The van der Waals surface area contributed by atoms with Gasteiger partial charge in [0.2, 0.25) is 11.9 Å². The Morgan fingerprint density at radius 1 is 1.13 bits per heavy atom. The van der Waals surface area contributed by atoms with Gasteiger partial charge in [-0.3, -0.25) is 4.79 Å². The summed E-state index contributed by atoms with van der Waals surface area (Å²) in [5, 5.41) is 3.23. The number of carbonyl (C=O) groups is 1. The number of hydroxylamine groups is 1. The van der Waals surface area contributed by atoms with Crippen molar-refractivity contribution >= 4 is 23.1 Å². The second-order valence-electron chi connectivity index (χ2n) is 7.41. The summed E-state index contributed by atoms with van der Waals surface area (Å²) < 4.78 is 0. The van der Waals surface area contributed by atoms with Crippen LogP contribution >= 0.6 is 0 Å². The van der Waals surface area contributed by atoms with E-state index in [-0.39, 0.29) is 0 Å². The highest BCUT2D eigenvalue weighted by atomic mass is 16.7. The minimum absolute atomic E-state index is 0.449. The van der Waals surface area contributed by atoms with Crippen molar-refractivity contribution in [3.63, 3.8) is 0 Å². The number of anilines is 2. The standard InChI is InChI=1S/C23H23N5O2/c1-14-13-16(21(24)29)9-10-18(14)26-22-25-12-11-19(27-22)20-15(2)30-28-23(20,3)17-7-5-4-6-8-17/h4-13,28H,1-3H3,(H2,24,29)(H,25,26,27). The van der Waals surface area contributed by atoms with Gasteiger partial charge in [-0.1, -0.05) is 30.3 Å². The van der Waals surface area contributed by atoms with Crippen molar-refractivity contribution in [2.24, 2.45) is 5.73 Å². The summed E-state index contributed by atoms with van der Waals surface area (Å²) in [6, 6.07) is 17.2. The Labute approximate surface area is 175 Å². The lowest BCUT2D eigenvalue weighted by atomic mass is 9.83. The van der Waals surface area contributed by atoms with E-state index in [9.17, 15) is 4.79 Å². The van der Waals surface area contributed by atoms with E-state index in [0.717, 1.165) is 33.8 Å². The lowest BCUT2D eigenvalue weighted by molar-refractivity contribution is 0.0860. The smallest absolute Gasteiger partial charge is 0.248 e. The number of aryl methyl sites for hydroxylation is 1. The molecule has 3 aromatic rings. The zero-order chi connectivity index (χ0) is 21.3. The predicted octanol–water partition coefficient (Wildman–Crippen LogP) is 3.81. The molecule has 0 fully saturated rings. The highest BCUT2D eigenvalue weighted by Crippen LogP contribution is 2.41. The minimum atomic E-state index is -0.546. The number of nitrogens with two attached hydrogens (primary N) is 1. The summed E-state index contributed by atoms with van der Waals surface area (Å²) in [7, 11) is 0. The number of nitrogens with one attached hydrogen (secondary N) is 2. The van der Waals surface area contributed by atoms with Crippen LogP contribution in [0.4, 0.5) is 11.6 Å². The maximum atomic E-state index is 11.4. The van der Waals surface area contributed by atoms with E-state index in [2.05, 4.69) is 34.8 Å². The molecule has 7 nitrogen and oxygen atoms in total. The van der Waals surface area contributed by atoms with E-state index in [4.69, 9.17) is 15.6 Å². The highest BCUT2D eigenvalue weighted by Gasteiger charge is 2.40. The number of benzene rings is 2. The van der Waals surface area contributed by atoms with Crippen molar-refractivity contribution in [3.05, 3.63) is 88.9 Å². The van der Waals surface area contributed by atoms with E-state index in [0.29, 0.717) is 11.5 Å². The largest absolute Gasteiger partial charge is 0.412 e. The first-order chi connectivity index (χ1) is 14.4. The number of rotatable bonds is 5. The van der Waals surface area contributed by atoms with Crippen LogP contribution in [-0.2, 0) is 10.4 Å². The van der Waals surface area contributed by atoms with Crippen LogP contribution in [0, 0.1) is 6.92 Å². The van der Waals surface area contributed by atoms with Crippen molar-refractivity contribution in [3.8, 4) is 0 Å². The number of allylic oxidation sites excluding steroid dienone is 1. The molecule has 1 atom stereocenters. The Morgan fingerprint density at radius 3 is 2.60 bits per heavy atom. The molecule has 7 heteroatoms. The number of nitrogens with zero attached hydrogens (tertiary/aromatic N) is 2. The Kier molecular flexibility index (Phi) is 4.97. The molecule has 1 aliphatic heterocycles. The molecular formula is C23H23N5O2. The van der Waals surface area contributed by atoms with Gasteiger partial charge >= 0.3 is 0 Å². The third-order valence-corrected chi connectivity index (χ3v) is 5.28. The first kappa shape index (κ1) is 19.6. The van der Waals surface area contributed by atoms with Gasteiger partial charge < -0.3 is 15.9 Å². The molecule has 0 saturated carbocycles. The fraction of sp³-hybridized carbons (Fsp3) is 0.174. The summed E-state index contributed by atoms with van der Waals surface area (Å²) in [4.78, 5) is 26.2. The molecule has 0 radical (unpaired) electrons. The number of amides is 1. The number of primary amides is 1. The van der Waals surface area contributed by atoms with Gasteiger partial charge in [0.05, 0.1) is 5.69 Å². The minimum Gasteiger partial charge on any atom is -0.412 e. The van der Waals surface area contributed by atoms with Gasteiger partial charge in [0.15, 0.2) is 0 Å². The molecule has 4 N–H and O–H groups in total. The first-order valence-corrected chi connectivity index (χ1v) is 9.60. The van der Waals surface area contributed by atoms with E-state index in [1.165, 1.54) is 0 Å². The molecular weight excluding hydrogens is 378 g/mol. The van der Waals surface area contributed by atoms with Gasteiger partial charge in [0, 0.05) is 23.0 Å². The predicted molar refractivity (Wildman–Crippen MR) is 116 cm³/mol. The molecule has 1 unspecified atom stereocenters. The fourth-order valence-electron chi connectivity index (χ4n) is 3.68. The average molecular weight is 401 g/mol. The lowest BCUT2D eigenvalue weighted by Crippen LogP contribution is -2.35. The van der Waals surface area contributed by atoms with E-state index < -0.39 is 11.4 Å². The van der Waals surface area contributed by atoms with Gasteiger partial charge in [-0.15, -0.1) is 5.48 Å². The highest BCUT2D eigenvalue weighted by molar-refractivity contribution is 5.93. The lowest BCUT2D eigenvalue weighted by Gasteiger charge is -2.26. The Hall–Kier alpha value is -3.71. The number of carbonyl (C=O) groups excluding carboxylic acids is 1. The third-order valence-electron chi connectivity index (χ3n) is 5.28. The summed E-state index contributed by atoms with van der Waals surface area (Å²) in [5.41, 5.74) is 12.9. The molecule has 4 rings (SSSR count). The topological polar surface area (TPSA) is 102 Å². The van der Waals surface area contributed by atoms with Gasteiger partial charge in [-0.2, -0.15) is 0 Å². The van der Waals surface area contributed by atoms with Crippen molar-refractivity contribution in [2.45, 2.75) is 26.3 Å². The molecule has 2 heterocycles. The van der Waals surface area contributed by atoms with Crippen LogP contribution in [0.15, 0.2) is 66.6 Å². The normalized spacial score (nSPS) is 18.2. The molecule has 0 saturated heterocycles. The van der Waals surface area contributed by atoms with Gasteiger partial charge in [0.1, 0.15) is 11.3 Å². The summed E-state index contributed by atoms with van der Waals surface area (Å²) >= 11 is 0. The quantitative estimate of drug-likeness (QED) is 0.601. The van der Waals surface area contributed by atoms with Crippen LogP contribution in [-0.4, -0.2) is 15.9 Å². The molecule has 152 valence electrons. The number of aromatic nitrogens is 2. The van der Waals surface area contributed by atoms with Crippen molar-refractivity contribution in [1.29, 1.82) is 0 Å². The van der Waals surface area contributed by atoms with Gasteiger partial charge in [-0.05, 0) is 56.2 Å². The van der Waals surface area contributed by atoms with E-state index >= 15 is 0 Å². The molecule has 1 aliphatic rings. The Morgan fingerprint density at radius 2 is 1.90 bits per heavy atom. The van der Waals surface area contributed by atoms with Crippen molar-refractivity contribution in [1.82, 2.24) is 15.4 Å². The Bertz CT molecular complexity index is 1140.